The van der Waals surface area contributed by atoms with Crippen LogP contribution in [0.4, 0.5) is 13.2 Å². The lowest BCUT2D eigenvalue weighted by Crippen LogP contribution is -2.23. The zero-order chi connectivity index (χ0) is 13.6. The van der Waals surface area contributed by atoms with Gasteiger partial charge in [0.05, 0.1) is 5.56 Å². The Morgan fingerprint density at radius 3 is 2.33 bits per heavy atom. The van der Waals surface area contributed by atoms with Crippen molar-refractivity contribution in [2.45, 2.75) is 6.18 Å². The van der Waals surface area contributed by atoms with Crippen molar-refractivity contribution in [3.63, 3.8) is 0 Å². The van der Waals surface area contributed by atoms with Crippen molar-refractivity contribution in [1.82, 2.24) is 5.32 Å². The van der Waals surface area contributed by atoms with E-state index in [0.29, 0.717) is 6.54 Å². The first kappa shape index (κ1) is 14.2. The van der Waals surface area contributed by atoms with Gasteiger partial charge in [-0.05, 0) is 24.3 Å². The van der Waals surface area contributed by atoms with Crippen molar-refractivity contribution < 1.29 is 18.0 Å². The Balaban J connectivity index is 2.62. The van der Waals surface area contributed by atoms with Crippen LogP contribution in [0.2, 0.25) is 0 Å². The topological polar surface area (TPSA) is 55.1 Å². The summed E-state index contributed by atoms with van der Waals surface area (Å²) in [5.41, 5.74) is 4.62. The maximum Gasteiger partial charge on any atom is 0.416 e. The fourth-order valence-electron chi connectivity index (χ4n) is 1.24. The molecule has 1 aromatic carbocycles. The molecular formula is C12H13F3N2O. The largest absolute Gasteiger partial charge is 0.416 e. The van der Waals surface area contributed by atoms with E-state index in [2.05, 4.69) is 5.32 Å². The van der Waals surface area contributed by atoms with Crippen LogP contribution in [-0.4, -0.2) is 19.0 Å². The minimum absolute atomic E-state index is 0.184. The Kier molecular flexibility index (Phi) is 4.91. The molecule has 0 bridgehead atoms. The Hall–Kier alpha value is -1.82. The molecule has 0 saturated carbocycles. The highest BCUT2D eigenvalue weighted by atomic mass is 19.4. The Bertz CT molecular complexity index is 424. The second-order valence-electron chi connectivity index (χ2n) is 3.49. The average Bonchev–Trinajstić information content (AvgIpc) is 2.33. The van der Waals surface area contributed by atoms with Gasteiger partial charge in [0.2, 0.25) is 0 Å². The number of hydrogen-bond donors (Lipinski definition) is 2. The quantitative estimate of drug-likeness (QED) is 0.811. The number of amides is 1. The zero-order valence-electron chi connectivity index (χ0n) is 9.50. The summed E-state index contributed by atoms with van der Waals surface area (Å²) in [4.78, 5) is 11.5. The number of nitrogens with one attached hydrogen (secondary N) is 1. The van der Waals surface area contributed by atoms with E-state index < -0.39 is 17.6 Å². The molecule has 0 aliphatic carbocycles. The predicted octanol–water partition coefficient (Wildman–Crippen LogP) is 1.95. The minimum Gasteiger partial charge on any atom is -0.349 e. The molecule has 98 valence electrons. The molecule has 1 aromatic rings. The number of alkyl halides is 3. The number of hydrogen-bond acceptors (Lipinski definition) is 2. The lowest BCUT2D eigenvalue weighted by Gasteiger charge is -2.07. The van der Waals surface area contributed by atoms with E-state index in [9.17, 15) is 18.0 Å². The van der Waals surface area contributed by atoms with Crippen molar-refractivity contribution in [2.24, 2.45) is 5.73 Å². The molecule has 3 N–H and O–H groups in total. The van der Waals surface area contributed by atoms with Crippen LogP contribution >= 0.6 is 0 Å². The molecule has 0 heterocycles. The molecule has 6 heteroatoms. The minimum atomic E-state index is -4.39. The van der Waals surface area contributed by atoms with Gasteiger partial charge < -0.3 is 11.1 Å². The summed E-state index contributed by atoms with van der Waals surface area (Å²) in [6, 6.07) is 4.05. The van der Waals surface area contributed by atoms with Crippen molar-refractivity contribution in [3.05, 3.63) is 47.5 Å². The summed E-state index contributed by atoms with van der Waals surface area (Å²) < 4.78 is 36.9. The third-order valence-electron chi connectivity index (χ3n) is 2.16. The highest BCUT2D eigenvalue weighted by Crippen LogP contribution is 2.28. The molecule has 0 fully saturated rings. The summed E-state index contributed by atoms with van der Waals surface area (Å²) in [5, 5.41) is 2.53. The average molecular weight is 258 g/mol. The molecule has 0 spiro atoms. The van der Waals surface area contributed by atoms with Gasteiger partial charge in [-0.1, -0.05) is 12.2 Å². The molecule has 0 aliphatic rings. The molecule has 3 nitrogen and oxygen atoms in total. The molecule has 1 rings (SSSR count). The van der Waals surface area contributed by atoms with Gasteiger partial charge in [-0.3, -0.25) is 4.79 Å². The van der Waals surface area contributed by atoms with Gasteiger partial charge in [-0.25, -0.2) is 0 Å². The van der Waals surface area contributed by atoms with E-state index in [1.807, 2.05) is 0 Å². The van der Waals surface area contributed by atoms with Crippen molar-refractivity contribution >= 4 is 5.91 Å². The summed E-state index contributed by atoms with van der Waals surface area (Å²) in [5.74, 6) is -0.426. The first-order valence-corrected chi connectivity index (χ1v) is 5.25. The fourth-order valence-corrected chi connectivity index (χ4v) is 1.24. The smallest absolute Gasteiger partial charge is 0.349 e. The number of nitrogens with two attached hydrogens (primary N) is 1. The van der Waals surface area contributed by atoms with Crippen molar-refractivity contribution in [2.75, 3.05) is 13.1 Å². The number of rotatable bonds is 4. The highest BCUT2D eigenvalue weighted by Gasteiger charge is 2.30. The molecule has 0 atom stereocenters. The number of carbonyl (C=O) groups is 1. The first-order valence-electron chi connectivity index (χ1n) is 5.25. The predicted molar refractivity (Wildman–Crippen MR) is 62.0 cm³/mol. The first-order chi connectivity index (χ1) is 8.45. The second-order valence-corrected chi connectivity index (χ2v) is 3.49. The second kappa shape index (κ2) is 6.20. The molecule has 0 aliphatic heterocycles. The summed E-state index contributed by atoms with van der Waals surface area (Å²) >= 11 is 0. The van der Waals surface area contributed by atoms with Gasteiger partial charge in [-0.15, -0.1) is 0 Å². The fraction of sp³-hybridized carbons (Fsp3) is 0.250. The molecule has 0 saturated heterocycles. The highest BCUT2D eigenvalue weighted by molar-refractivity contribution is 5.94. The number of benzene rings is 1. The van der Waals surface area contributed by atoms with Crippen LogP contribution in [0.3, 0.4) is 0 Å². The summed E-state index contributed by atoms with van der Waals surface area (Å²) in [7, 11) is 0. The van der Waals surface area contributed by atoms with Crippen molar-refractivity contribution in [1.29, 1.82) is 0 Å². The van der Waals surface area contributed by atoms with Crippen LogP contribution in [0.25, 0.3) is 0 Å². The Morgan fingerprint density at radius 2 is 1.83 bits per heavy atom. The van der Waals surface area contributed by atoms with Gasteiger partial charge in [0.15, 0.2) is 0 Å². The van der Waals surface area contributed by atoms with Crippen LogP contribution in [0.1, 0.15) is 15.9 Å². The van der Waals surface area contributed by atoms with Gasteiger partial charge in [-0.2, -0.15) is 13.2 Å². The summed E-state index contributed by atoms with van der Waals surface area (Å²) in [6.45, 7) is 0.660. The van der Waals surface area contributed by atoms with Crippen LogP contribution < -0.4 is 11.1 Å². The molecule has 0 unspecified atom stereocenters. The lowest BCUT2D eigenvalue weighted by atomic mass is 10.1. The van der Waals surface area contributed by atoms with E-state index in [0.717, 1.165) is 24.3 Å². The summed E-state index contributed by atoms with van der Waals surface area (Å²) in [6.07, 6.45) is -1.05. The Labute approximate surface area is 102 Å². The van der Waals surface area contributed by atoms with Crippen LogP contribution in [-0.2, 0) is 6.18 Å². The monoisotopic (exact) mass is 258 g/mol. The van der Waals surface area contributed by atoms with Crippen molar-refractivity contribution in [3.8, 4) is 0 Å². The number of carbonyl (C=O) groups excluding carboxylic acids is 1. The molecule has 0 aromatic heterocycles. The normalized spacial score (nSPS) is 11.8. The zero-order valence-corrected chi connectivity index (χ0v) is 9.50. The van der Waals surface area contributed by atoms with Gasteiger partial charge in [0, 0.05) is 18.7 Å². The standard InChI is InChI=1S/C12H13F3N2O/c13-12(14,15)10-5-3-9(4-6-10)11(18)17-8-2-1-7-16/h1-6H,7-8,16H2,(H,17,18)/b2-1+. The SMILES string of the molecule is NC/C=C/CNC(=O)c1ccc(C(F)(F)F)cc1. The molecule has 18 heavy (non-hydrogen) atoms. The third kappa shape index (κ3) is 4.21. The lowest BCUT2D eigenvalue weighted by molar-refractivity contribution is -0.137. The molecule has 0 radical (unpaired) electrons. The van der Waals surface area contributed by atoms with E-state index in [1.54, 1.807) is 12.2 Å². The maximum absolute atomic E-state index is 12.3. The Morgan fingerprint density at radius 1 is 1.22 bits per heavy atom. The maximum atomic E-state index is 12.3. The van der Waals surface area contributed by atoms with E-state index in [1.165, 1.54) is 0 Å². The molecular weight excluding hydrogens is 245 g/mol. The molecule has 1 amide bonds. The van der Waals surface area contributed by atoms with Crippen LogP contribution in [0.15, 0.2) is 36.4 Å². The third-order valence-corrected chi connectivity index (χ3v) is 2.16. The van der Waals surface area contributed by atoms with Gasteiger partial charge in [0.25, 0.3) is 5.91 Å². The van der Waals surface area contributed by atoms with E-state index in [-0.39, 0.29) is 12.1 Å². The van der Waals surface area contributed by atoms with Crippen LogP contribution in [0, 0.1) is 0 Å². The van der Waals surface area contributed by atoms with Gasteiger partial charge in [0.1, 0.15) is 0 Å². The van der Waals surface area contributed by atoms with E-state index in [4.69, 9.17) is 5.73 Å². The van der Waals surface area contributed by atoms with Gasteiger partial charge >= 0.3 is 6.18 Å². The van der Waals surface area contributed by atoms with E-state index >= 15 is 0 Å². The number of halogens is 3. The van der Waals surface area contributed by atoms with Crippen LogP contribution in [0.5, 0.6) is 0 Å².